The minimum Gasteiger partial charge on any atom is -0.480 e. The maximum Gasteiger partial charge on any atom is 0.321 e. The number of aliphatic hydroxyl groups is 1. The lowest BCUT2D eigenvalue weighted by atomic mass is 10.0. The van der Waals surface area contributed by atoms with Crippen LogP contribution in [0.4, 0.5) is 0 Å². The van der Waals surface area contributed by atoms with E-state index in [0.717, 1.165) is 13.0 Å². The standard InChI is InChI=1S/C21H41NO3/c1-2-3-4-5-6-7-8-9-10-11-12-13-14-15-16-22-18-19(23)17-20(22)21(24)25/h19-20,23H,2-18H2,1H3,(H,24,25). The zero-order chi connectivity index (χ0) is 18.3. The summed E-state index contributed by atoms with van der Waals surface area (Å²) in [4.78, 5) is 13.1. The lowest BCUT2D eigenvalue weighted by Gasteiger charge is -2.20. The van der Waals surface area contributed by atoms with E-state index in [4.69, 9.17) is 5.11 Å². The molecule has 2 N–H and O–H groups in total. The van der Waals surface area contributed by atoms with Gasteiger partial charge in [0.15, 0.2) is 0 Å². The van der Waals surface area contributed by atoms with Crippen LogP contribution in [-0.2, 0) is 4.79 Å². The fraction of sp³-hybridized carbons (Fsp3) is 0.952. The highest BCUT2D eigenvalue weighted by Crippen LogP contribution is 2.19. The van der Waals surface area contributed by atoms with Gasteiger partial charge in [0.1, 0.15) is 6.04 Å². The largest absolute Gasteiger partial charge is 0.480 e. The van der Waals surface area contributed by atoms with Crippen molar-refractivity contribution >= 4 is 5.97 Å². The Morgan fingerprint density at radius 3 is 1.72 bits per heavy atom. The number of carboxylic acids is 1. The van der Waals surface area contributed by atoms with Gasteiger partial charge in [-0.2, -0.15) is 0 Å². The third-order valence-corrected chi connectivity index (χ3v) is 5.47. The number of hydrogen-bond donors (Lipinski definition) is 2. The molecule has 0 saturated carbocycles. The minimum absolute atomic E-state index is 0.383. The predicted octanol–water partition coefficient (Wildman–Crippen LogP) is 4.99. The molecular formula is C21H41NO3. The van der Waals surface area contributed by atoms with Gasteiger partial charge in [0, 0.05) is 13.0 Å². The van der Waals surface area contributed by atoms with Crippen molar-refractivity contribution in [3.63, 3.8) is 0 Å². The summed E-state index contributed by atoms with van der Waals surface area (Å²) in [7, 11) is 0. The summed E-state index contributed by atoms with van der Waals surface area (Å²) in [6, 6.07) is -0.475. The smallest absolute Gasteiger partial charge is 0.321 e. The van der Waals surface area contributed by atoms with Crippen LogP contribution in [-0.4, -0.2) is 46.3 Å². The first kappa shape index (κ1) is 22.4. The molecular weight excluding hydrogens is 314 g/mol. The van der Waals surface area contributed by atoms with Gasteiger partial charge >= 0.3 is 5.97 Å². The van der Waals surface area contributed by atoms with E-state index in [-0.39, 0.29) is 0 Å². The number of rotatable bonds is 16. The van der Waals surface area contributed by atoms with Crippen LogP contribution < -0.4 is 0 Å². The average molecular weight is 356 g/mol. The quantitative estimate of drug-likeness (QED) is 0.383. The van der Waals surface area contributed by atoms with Crippen LogP contribution >= 0.6 is 0 Å². The molecule has 1 aliphatic rings. The summed E-state index contributed by atoms with van der Waals surface area (Å²) in [5, 5.41) is 18.8. The van der Waals surface area contributed by atoms with Crippen LogP contribution in [0.15, 0.2) is 0 Å². The Bertz CT molecular complexity index is 335. The highest BCUT2D eigenvalue weighted by Gasteiger charge is 2.35. The molecule has 4 heteroatoms. The molecule has 1 aliphatic heterocycles. The highest BCUT2D eigenvalue weighted by molar-refractivity contribution is 5.74. The molecule has 1 saturated heterocycles. The second-order valence-electron chi connectivity index (χ2n) is 7.83. The van der Waals surface area contributed by atoms with Gasteiger partial charge in [-0.15, -0.1) is 0 Å². The van der Waals surface area contributed by atoms with Crippen molar-refractivity contribution in [2.24, 2.45) is 0 Å². The van der Waals surface area contributed by atoms with Gasteiger partial charge in [-0.25, -0.2) is 0 Å². The maximum atomic E-state index is 11.2. The number of hydrogen-bond acceptors (Lipinski definition) is 3. The van der Waals surface area contributed by atoms with Gasteiger partial charge in [-0.05, 0) is 13.0 Å². The third kappa shape index (κ3) is 10.9. The molecule has 4 nitrogen and oxygen atoms in total. The molecule has 148 valence electrons. The van der Waals surface area contributed by atoms with Gasteiger partial charge in [0.2, 0.25) is 0 Å². The number of carbonyl (C=O) groups is 1. The number of carboxylic acid groups (broad SMARTS) is 1. The Labute approximate surface area is 155 Å². The van der Waals surface area contributed by atoms with Gasteiger partial charge in [0.05, 0.1) is 6.10 Å². The number of nitrogens with zero attached hydrogens (tertiary/aromatic N) is 1. The number of aliphatic carboxylic acids is 1. The number of unbranched alkanes of at least 4 members (excludes halogenated alkanes) is 13. The Balaban J connectivity index is 1.84. The van der Waals surface area contributed by atoms with Crippen molar-refractivity contribution in [2.75, 3.05) is 13.1 Å². The van der Waals surface area contributed by atoms with Gasteiger partial charge in [-0.1, -0.05) is 90.4 Å². The summed E-state index contributed by atoms with van der Waals surface area (Å²) < 4.78 is 0. The summed E-state index contributed by atoms with van der Waals surface area (Å²) in [5.41, 5.74) is 0. The van der Waals surface area contributed by atoms with Crippen LogP contribution in [0.5, 0.6) is 0 Å². The molecule has 0 aliphatic carbocycles. The fourth-order valence-corrected chi connectivity index (χ4v) is 3.89. The zero-order valence-electron chi connectivity index (χ0n) is 16.4. The second-order valence-corrected chi connectivity index (χ2v) is 7.83. The number of β-amino-alcohol motifs (C(OH)–C–C–N with tert-alkyl or cyclic N) is 1. The van der Waals surface area contributed by atoms with Crippen molar-refractivity contribution in [2.45, 2.75) is 115 Å². The third-order valence-electron chi connectivity index (χ3n) is 5.47. The summed E-state index contributed by atoms with van der Waals surface area (Å²) in [6.45, 7) is 3.60. The Morgan fingerprint density at radius 2 is 1.28 bits per heavy atom. The Morgan fingerprint density at radius 1 is 0.840 bits per heavy atom. The van der Waals surface area contributed by atoms with E-state index in [0.29, 0.717) is 13.0 Å². The maximum absolute atomic E-state index is 11.2. The van der Waals surface area contributed by atoms with E-state index >= 15 is 0 Å². The van der Waals surface area contributed by atoms with Crippen molar-refractivity contribution < 1.29 is 15.0 Å². The summed E-state index contributed by atoms with van der Waals surface area (Å²) >= 11 is 0. The number of aliphatic hydroxyl groups excluding tert-OH is 1. The van der Waals surface area contributed by atoms with Crippen LogP contribution in [0, 0.1) is 0 Å². The van der Waals surface area contributed by atoms with E-state index in [1.54, 1.807) is 0 Å². The molecule has 1 fully saturated rings. The number of likely N-dealkylation sites (tertiary alicyclic amines) is 1. The topological polar surface area (TPSA) is 60.8 Å². The van der Waals surface area contributed by atoms with Crippen molar-refractivity contribution in [3.05, 3.63) is 0 Å². The lowest BCUT2D eigenvalue weighted by molar-refractivity contribution is -0.142. The first-order valence-electron chi connectivity index (χ1n) is 10.8. The van der Waals surface area contributed by atoms with E-state index in [1.165, 1.54) is 83.5 Å². The molecule has 0 aromatic rings. The Kier molecular flexibility index (Phi) is 13.1. The molecule has 2 atom stereocenters. The van der Waals surface area contributed by atoms with Gasteiger partial charge < -0.3 is 10.2 Å². The normalized spacial score (nSPS) is 21.0. The molecule has 1 heterocycles. The molecule has 0 aromatic heterocycles. The molecule has 0 bridgehead atoms. The molecule has 0 aromatic carbocycles. The van der Waals surface area contributed by atoms with Crippen LogP contribution in [0.25, 0.3) is 0 Å². The molecule has 0 amide bonds. The van der Waals surface area contributed by atoms with Gasteiger partial charge in [-0.3, -0.25) is 9.69 Å². The minimum atomic E-state index is -0.790. The molecule has 2 unspecified atom stereocenters. The summed E-state index contributed by atoms with van der Waals surface area (Å²) in [6.07, 6.45) is 18.6. The second kappa shape index (κ2) is 14.5. The van der Waals surface area contributed by atoms with E-state index in [1.807, 2.05) is 4.90 Å². The van der Waals surface area contributed by atoms with E-state index in [9.17, 15) is 9.90 Å². The molecule has 0 radical (unpaired) electrons. The van der Waals surface area contributed by atoms with Gasteiger partial charge in [0.25, 0.3) is 0 Å². The SMILES string of the molecule is CCCCCCCCCCCCCCCCN1CC(O)CC1C(=O)O. The summed E-state index contributed by atoms with van der Waals surface area (Å²) in [5.74, 6) is -0.790. The van der Waals surface area contributed by atoms with E-state index in [2.05, 4.69) is 6.92 Å². The zero-order valence-corrected chi connectivity index (χ0v) is 16.4. The monoisotopic (exact) mass is 355 g/mol. The van der Waals surface area contributed by atoms with E-state index < -0.39 is 18.1 Å². The van der Waals surface area contributed by atoms with Crippen LogP contribution in [0.2, 0.25) is 0 Å². The lowest BCUT2D eigenvalue weighted by Crippen LogP contribution is -2.36. The molecule has 0 spiro atoms. The van der Waals surface area contributed by atoms with Crippen molar-refractivity contribution in [1.82, 2.24) is 4.90 Å². The van der Waals surface area contributed by atoms with Crippen LogP contribution in [0.3, 0.4) is 0 Å². The first-order chi connectivity index (χ1) is 12.1. The van der Waals surface area contributed by atoms with Crippen molar-refractivity contribution in [3.8, 4) is 0 Å². The molecule has 1 rings (SSSR count). The van der Waals surface area contributed by atoms with Crippen LogP contribution in [0.1, 0.15) is 103 Å². The predicted molar refractivity (Wildman–Crippen MR) is 104 cm³/mol. The fourth-order valence-electron chi connectivity index (χ4n) is 3.89. The van der Waals surface area contributed by atoms with Crippen molar-refractivity contribution in [1.29, 1.82) is 0 Å². The Hall–Kier alpha value is -0.610. The average Bonchev–Trinajstić information content (AvgIpc) is 2.96. The highest BCUT2D eigenvalue weighted by atomic mass is 16.4. The first-order valence-corrected chi connectivity index (χ1v) is 10.8. The molecule has 25 heavy (non-hydrogen) atoms.